The second-order valence-corrected chi connectivity index (χ2v) is 9.46. The van der Waals surface area contributed by atoms with E-state index < -0.39 is 22.5 Å². The number of ether oxygens (including phenoxy) is 1. The molecule has 3 aromatic rings. The molecule has 0 spiro atoms. The van der Waals surface area contributed by atoms with Crippen molar-refractivity contribution in [1.82, 2.24) is 0 Å². The minimum atomic E-state index is -4.03. The summed E-state index contributed by atoms with van der Waals surface area (Å²) in [5.41, 5.74) is 3.86. The van der Waals surface area contributed by atoms with Gasteiger partial charge in [-0.3, -0.25) is 9.10 Å². The minimum Gasteiger partial charge on any atom is -0.495 e. The Hall–Kier alpha value is -3.32. The van der Waals surface area contributed by atoms with E-state index in [1.807, 2.05) is 44.2 Å². The first-order valence-corrected chi connectivity index (χ1v) is 11.8. The molecule has 0 radical (unpaired) electrons. The number of hydrogen-bond acceptors (Lipinski definition) is 4. The molecule has 1 amide bonds. The standard InChI is InChI=1S/C25H28N2O4S/c1-5-20-9-11-21(12-10-20)26-25(28)17-27(23-16-19(3)8-15-24(23)31-4)32(29,30)22-13-6-18(2)7-14-22/h6-16H,5,17H2,1-4H3,(H,26,28). The summed E-state index contributed by atoms with van der Waals surface area (Å²) in [4.78, 5) is 13.0. The Morgan fingerprint density at radius 1 is 0.938 bits per heavy atom. The zero-order valence-corrected chi connectivity index (χ0v) is 19.6. The van der Waals surface area contributed by atoms with Crippen LogP contribution in [0.25, 0.3) is 0 Å². The first-order chi connectivity index (χ1) is 15.2. The number of aryl methyl sites for hydroxylation is 3. The number of sulfonamides is 1. The van der Waals surface area contributed by atoms with Crippen molar-refractivity contribution in [3.05, 3.63) is 83.4 Å². The molecule has 32 heavy (non-hydrogen) atoms. The molecular formula is C25H28N2O4S. The monoisotopic (exact) mass is 452 g/mol. The van der Waals surface area contributed by atoms with Crippen molar-refractivity contribution in [3.63, 3.8) is 0 Å². The molecule has 0 saturated carbocycles. The van der Waals surface area contributed by atoms with Crippen molar-refractivity contribution < 1.29 is 17.9 Å². The zero-order valence-electron chi connectivity index (χ0n) is 18.8. The predicted molar refractivity (Wildman–Crippen MR) is 128 cm³/mol. The third-order valence-corrected chi connectivity index (χ3v) is 6.92. The third kappa shape index (κ3) is 5.29. The van der Waals surface area contributed by atoms with Crippen LogP contribution in [-0.4, -0.2) is 28.0 Å². The lowest BCUT2D eigenvalue weighted by Crippen LogP contribution is -2.38. The van der Waals surface area contributed by atoms with Crippen LogP contribution in [0.4, 0.5) is 11.4 Å². The maximum Gasteiger partial charge on any atom is 0.264 e. The van der Waals surface area contributed by atoms with E-state index in [4.69, 9.17) is 4.74 Å². The molecule has 0 fully saturated rings. The predicted octanol–water partition coefficient (Wildman–Crippen LogP) is 4.71. The highest BCUT2D eigenvalue weighted by Gasteiger charge is 2.29. The summed E-state index contributed by atoms with van der Waals surface area (Å²) in [6.45, 7) is 5.40. The molecule has 0 aliphatic heterocycles. The van der Waals surface area contributed by atoms with Gasteiger partial charge in [-0.25, -0.2) is 8.42 Å². The molecular weight excluding hydrogens is 424 g/mol. The Labute approximate surface area is 189 Å². The first kappa shape index (κ1) is 23.3. The van der Waals surface area contributed by atoms with E-state index in [0.29, 0.717) is 17.1 Å². The number of rotatable bonds is 8. The van der Waals surface area contributed by atoms with Crippen molar-refractivity contribution in [2.45, 2.75) is 32.1 Å². The van der Waals surface area contributed by atoms with Crippen LogP contribution in [0, 0.1) is 13.8 Å². The summed E-state index contributed by atoms with van der Waals surface area (Å²) in [6, 6.07) is 19.3. The van der Waals surface area contributed by atoms with Gasteiger partial charge in [0.05, 0.1) is 17.7 Å². The van der Waals surface area contributed by atoms with E-state index in [1.54, 1.807) is 36.4 Å². The largest absolute Gasteiger partial charge is 0.495 e. The SMILES string of the molecule is CCc1ccc(NC(=O)CN(c2cc(C)ccc2OC)S(=O)(=O)c2ccc(C)cc2)cc1. The van der Waals surface area contributed by atoms with E-state index >= 15 is 0 Å². The minimum absolute atomic E-state index is 0.103. The van der Waals surface area contributed by atoms with Crippen LogP contribution >= 0.6 is 0 Å². The fraction of sp³-hybridized carbons (Fsp3) is 0.240. The lowest BCUT2D eigenvalue weighted by Gasteiger charge is -2.26. The van der Waals surface area contributed by atoms with Gasteiger partial charge in [0.1, 0.15) is 12.3 Å². The fourth-order valence-electron chi connectivity index (χ4n) is 3.29. The fourth-order valence-corrected chi connectivity index (χ4v) is 4.71. The summed E-state index contributed by atoms with van der Waals surface area (Å²) in [6.07, 6.45) is 0.893. The average Bonchev–Trinajstić information content (AvgIpc) is 2.78. The van der Waals surface area contributed by atoms with Gasteiger partial charge >= 0.3 is 0 Å². The van der Waals surface area contributed by atoms with Gasteiger partial charge in [-0.05, 0) is 67.8 Å². The number of carbonyl (C=O) groups excluding carboxylic acids is 1. The molecule has 0 bridgehead atoms. The van der Waals surface area contributed by atoms with Gasteiger partial charge in [-0.2, -0.15) is 0 Å². The lowest BCUT2D eigenvalue weighted by atomic mass is 10.1. The van der Waals surface area contributed by atoms with Crippen LogP contribution in [0.3, 0.4) is 0 Å². The Kier molecular flexibility index (Phi) is 7.20. The number of carbonyl (C=O) groups is 1. The van der Waals surface area contributed by atoms with E-state index in [2.05, 4.69) is 12.2 Å². The van der Waals surface area contributed by atoms with Gasteiger partial charge < -0.3 is 10.1 Å². The molecule has 0 aromatic heterocycles. The second-order valence-electron chi connectivity index (χ2n) is 7.60. The van der Waals surface area contributed by atoms with Gasteiger partial charge in [0.25, 0.3) is 10.0 Å². The maximum atomic E-state index is 13.6. The smallest absolute Gasteiger partial charge is 0.264 e. The van der Waals surface area contributed by atoms with Crippen LogP contribution < -0.4 is 14.4 Å². The maximum absolute atomic E-state index is 13.6. The van der Waals surface area contributed by atoms with Gasteiger partial charge in [0, 0.05) is 5.69 Å². The zero-order chi connectivity index (χ0) is 23.3. The number of hydrogen-bond donors (Lipinski definition) is 1. The van der Waals surface area contributed by atoms with Crippen molar-refractivity contribution in [2.24, 2.45) is 0 Å². The number of benzene rings is 3. The van der Waals surface area contributed by atoms with Gasteiger partial charge in [-0.1, -0.05) is 42.8 Å². The molecule has 6 nitrogen and oxygen atoms in total. The van der Waals surface area contributed by atoms with E-state index in [0.717, 1.165) is 27.4 Å². The Morgan fingerprint density at radius 2 is 1.56 bits per heavy atom. The highest BCUT2D eigenvalue weighted by atomic mass is 32.2. The van der Waals surface area contributed by atoms with Crippen LogP contribution in [0.15, 0.2) is 71.6 Å². The summed E-state index contributed by atoms with van der Waals surface area (Å²) in [5.74, 6) is -0.0834. The number of nitrogens with zero attached hydrogens (tertiary/aromatic N) is 1. The number of nitrogens with one attached hydrogen (secondary N) is 1. The van der Waals surface area contributed by atoms with E-state index in [-0.39, 0.29) is 4.90 Å². The molecule has 0 aliphatic rings. The van der Waals surface area contributed by atoms with Crippen molar-refractivity contribution in [1.29, 1.82) is 0 Å². The lowest BCUT2D eigenvalue weighted by molar-refractivity contribution is -0.114. The summed E-state index contributed by atoms with van der Waals surface area (Å²) in [7, 11) is -2.55. The third-order valence-electron chi connectivity index (χ3n) is 5.15. The number of anilines is 2. The normalized spacial score (nSPS) is 11.1. The summed E-state index contributed by atoms with van der Waals surface area (Å²) in [5, 5.41) is 2.79. The molecule has 1 N–H and O–H groups in total. The van der Waals surface area contributed by atoms with Crippen molar-refractivity contribution in [2.75, 3.05) is 23.3 Å². The van der Waals surface area contributed by atoms with Gasteiger partial charge in [-0.15, -0.1) is 0 Å². The molecule has 3 rings (SSSR count). The quantitative estimate of drug-likeness (QED) is 0.537. The van der Waals surface area contributed by atoms with E-state index in [1.165, 1.54) is 7.11 Å². The highest BCUT2D eigenvalue weighted by Crippen LogP contribution is 2.33. The van der Waals surface area contributed by atoms with Crippen LogP contribution in [0.1, 0.15) is 23.6 Å². The first-order valence-electron chi connectivity index (χ1n) is 10.4. The Bertz CT molecular complexity index is 1190. The average molecular weight is 453 g/mol. The Morgan fingerprint density at radius 3 is 2.16 bits per heavy atom. The molecule has 0 saturated heterocycles. The Balaban J connectivity index is 1.99. The van der Waals surface area contributed by atoms with Crippen LogP contribution in [-0.2, 0) is 21.2 Å². The van der Waals surface area contributed by atoms with Crippen molar-refractivity contribution in [3.8, 4) is 5.75 Å². The van der Waals surface area contributed by atoms with Crippen LogP contribution in [0.5, 0.6) is 5.75 Å². The molecule has 0 heterocycles. The second kappa shape index (κ2) is 9.87. The summed E-state index contributed by atoms with van der Waals surface area (Å²) < 4.78 is 33.7. The van der Waals surface area contributed by atoms with Gasteiger partial charge in [0.2, 0.25) is 5.91 Å². The molecule has 7 heteroatoms. The molecule has 0 unspecified atom stereocenters. The van der Waals surface area contributed by atoms with E-state index in [9.17, 15) is 13.2 Å². The van der Waals surface area contributed by atoms with Crippen molar-refractivity contribution >= 4 is 27.3 Å². The summed E-state index contributed by atoms with van der Waals surface area (Å²) >= 11 is 0. The topological polar surface area (TPSA) is 75.7 Å². The molecule has 3 aromatic carbocycles. The highest BCUT2D eigenvalue weighted by molar-refractivity contribution is 7.92. The van der Waals surface area contributed by atoms with Crippen LogP contribution in [0.2, 0.25) is 0 Å². The molecule has 168 valence electrons. The van der Waals surface area contributed by atoms with Gasteiger partial charge in [0.15, 0.2) is 0 Å². The number of methoxy groups -OCH3 is 1. The number of amides is 1. The molecule has 0 aliphatic carbocycles. The molecule has 0 atom stereocenters.